The summed E-state index contributed by atoms with van der Waals surface area (Å²) in [5.74, 6) is -2.02. The van der Waals surface area contributed by atoms with Gasteiger partial charge in [-0.2, -0.15) is 13.1 Å². The highest BCUT2D eigenvalue weighted by Gasteiger charge is 2.44. The zero-order valence-corrected chi connectivity index (χ0v) is 10.2. The number of alkyl halides is 2. The van der Waals surface area contributed by atoms with Crippen molar-refractivity contribution in [2.75, 3.05) is 6.61 Å². The second-order valence-electron chi connectivity index (χ2n) is 3.26. The van der Waals surface area contributed by atoms with E-state index in [0.29, 0.717) is 6.42 Å². The molecule has 2 unspecified atom stereocenters. The van der Waals surface area contributed by atoms with Crippen LogP contribution in [0.15, 0.2) is 0 Å². The minimum atomic E-state index is -4.15. The molecule has 0 aliphatic heterocycles. The van der Waals surface area contributed by atoms with E-state index >= 15 is 0 Å². The maximum atomic E-state index is 12.8. The highest BCUT2D eigenvalue weighted by molar-refractivity contribution is 7.96. The predicted octanol–water partition coefficient (Wildman–Crippen LogP) is -0.484. The summed E-state index contributed by atoms with van der Waals surface area (Å²) in [4.78, 5) is 10.8. The molecule has 0 aromatic heterocycles. The highest BCUT2D eigenvalue weighted by Crippen LogP contribution is 2.31. The first-order valence-corrected chi connectivity index (χ1v) is 5.64. The summed E-state index contributed by atoms with van der Waals surface area (Å²) in [6.45, 7) is 0.946. The number of hydrogen-bond donors (Lipinski definition) is 2. The van der Waals surface area contributed by atoms with E-state index in [0.717, 1.165) is 0 Å². The van der Waals surface area contributed by atoms with Crippen LogP contribution in [0.2, 0.25) is 0 Å². The molecule has 2 N–H and O–H groups in total. The van der Waals surface area contributed by atoms with Gasteiger partial charge < -0.3 is 20.2 Å². The number of esters is 1. The Balaban J connectivity index is 4.08. The number of carbonyl (C=O) groups excluding carboxylic acids is 1. The zero-order valence-electron chi connectivity index (χ0n) is 9.38. The summed E-state index contributed by atoms with van der Waals surface area (Å²) in [5, 5.41) is 26.3. The summed E-state index contributed by atoms with van der Waals surface area (Å²) in [6, 6.07) is 0. The third-order valence-corrected chi connectivity index (χ3v) is 2.32. The lowest BCUT2D eigenvalue weighted by Gasteiger charge is -2.19. The number of aliphatic hydroxyl groups is 2. The van der Waals surface area contributed by atoms with Gasteiger partial charge in [0.25, 0.3) is 0 Å². The van der Waals surface area contributed by atoms with Crippen LogP contribution in [0.3, 0.4) is 0 Å². The van der Waals surface area contributed by atoms with E-state index < -0.39 is 42.1 Å². The Bertz CT molecular complexity index is 254. The molecule has 0 saturated heterocycles. The fraction of sp³-hybridized carbons (Fsp3) is 0.875. The Kier molecular flexibility index (Phi) is 8.31. The lowest BCUT2D eigenvalue weighted by Crippen LogP contribution is -2.35. The zero-order chi connectivity index (χ0) is 14.2. The van der Waals surface area contributed by atoms with Gasteiger partial charge in [-0.15, -0.1) is 0 Å². The Morgan fingerprint density at radius 2 is 2.06 bits per heavy atom. The van der Waals surface area contributed by atoms with Crippen molar-refractivity contribution in [1.29, 1.82) is 0 Å². The molecule has 108 valence electrons. The van der Waals surface area contributed by atoms with Crippen LogP contribution in [0.5, 0.6) is 0 Å². The molecule has 0 spiro atoms. The quantitative estimate of drug-likeness (QED) is 0.254. The van der Waals surface area contributed by atoms with Crippen molar-refractivity contribution in [2.45, 2.75) is 37.2 Å². The van der Waals surface area contributed by atoms with Gasteiger partial charge in [0.15, 0.2) is 0 Å². The van der Waals surface area contributed by atoms with Crippen molar-refractivity contribution in [2.24, 2.45) is 0 Å². The monoisotopic (exact) mass is 291 g/mol. The van der Waals surface area contributed by atoms with Gasteiger partial charge in [0, 0.05) is 0 Å². The summed E-state index contributed by atoms with van der Waals surface area (Å²) in [6.07, 6.45) is -1.85. The molecule has 0 aliphatic rings. The van der Waals surface area contributed by atoms with E-state index in [1.807, 2.05) is 0 Å². The van der Waals surface area contributed by atoms with Crippen LogP contribution in [-0.4, -0.2) is 40.3 Å². The third-order valence-electron chi connectivity index (χ3n) is 1.82. The van der Waals surface area contributed by atoms with Crippen LogP contribution >= 0.6 is 12.0 Å². The molecule has 2 atom stereocenters. The van der Waals surface area contributed by atoms with E-state index in [1.54, 1.807) is 6.92 Å². The van der Waals surface area contributed by atoms with Crippen LogP contribution in [-0.2, 0) is 18.9 Å². The fourth-order valence-corrected chi connectivity index (χ4v) is 1.18. The van der Waals surface area contributed by atoms with Gasteiger partial charge in [-0.3, -0.25) is 5.04 Å². The van der Waals surface area contributed by atoms with Crippen molar-refractivity contribution in [3.63, 3.8) is 0 Å². The molecule has 10 heteroatoms. The number of halogens is 2. The molecule has 0 fully saturated rings. The molecular weight excluding hydrogens is 278 g/mol. The summed E-state index contributed by atoms with van der Waals surface area (Å²) in [7, 11) is 0. The van der Waals surface area contributed by atoms with Gasteiger partial charge in [-0.1, -0.05) is 13.3 Å². The molecule has 0 radical (unpaired) electrons. The normalized spacial score (nSPS) is 15.2. The van der Waals surface area contributed by atoms with Crippen LogP contribution in [0.4, 0.5) is 8.78 Å². The molecule has 0 saturated carbocycles. The average Bonchev–Trinajstić information content (AvgIpc) is 2.33. The van der Waals surface area contributed by atoms with Gasteiger partial charge in [0.1, 0.15) is 24.8 Å². The molecule has 0 aliphatic carbocycles. The minimum Gasteiger partial charge on any atom is -0.691 e. The number of aliphatic hydroxyl groups excluding tert-OH is 2. The number of rotatable bonds is 9. The van der Waals surface area contributed by atoms with Crippen LogP contribution in [0.25, 0.3) is 0 Å². The van der Waals surface area contributed by atoms with E-state index in [4.69, 9.17) is 0 Å². The van der Waals surface area contributed by atoms with Crippen molar-refractivity contribution < 1.29 is 43.2 Å². The van der Waals surface area contributed by atoms with Crippen LogP contribution in [0, 0.1) is 0 Å². The molecule has 0 aromatic carbocycles. The predicted molar refractivity (Wildman–Crippen MR) is 52.6 cm³/mol. The van der Waals surface area contributed by atoms with Crippen molar-refractivity contribution in [3.05, 3.63) is 0 Å². The first-order chi connectivity index (χ1) is 8.35. The van der Waals surface area contributed by atoms with Gasteiger partial charge in [0.05, 0.1) is 6.10 Å². The molecule has 0 heterocycles. The van der Waals surface area contributed by atoms with E-state index in [9.17, 15) is 29.0 Å². The smallest absolute Gasteiger partial charge is 0.415 e. The highest BCUT2D eigenvalue weighted by atomic mass is 32.2. The Morgan fingerprint density at radius 3 is 2.56 bits per heavy atom. The van der Waals surface area contributed by atoms with Gasteiger partial charge in [0.2, 0.25) is 0 Å². The molecular formula is C8H13F2O7S-. The van der Waals surface area contributed by atoms with Crippen molar-refractivity contribution in [3.8, 4) is 0 Å². The third kappa shape index (κ3) is 6.42. The molecule has 0 aromatic rings. The number of ether oxygens (including phenoxy) is 1. The van der Waals surface area contributed by atoms with Gasteiger partial charge >= 0.3 is 11.2 Å². The molecule has 18 heavy (non-hydrogen) atoms. The maximum absolute atomic E-state index is 12.8. The summed E-state index contributed by atoms with van der Waals surface area (Å²) < 4.78 is 33.0. The molecule has 0 rings (SSSR count). The first-order valence-electron chi connectivity index (χ1n) is 4.90. The maximum Gasteiger partial charge on any atom is 0.415 e. The molecule has 0 amide bonds. The second-order valence-corrected chi connectivity index (χ2v) is 4.07. The summed E-state index contributed by atoms with van der Waals surface area (Å²) in [5.41, 5.74) is 0. The molecule has 0 bridgehead atoms. The first kappa shape index (κ1) is 17.5. The van der Waals surface area contributed by atoms with E-state index in [1.165, 1.54) is 0 Å². The van der Waals surface area contributed by atoms with E-state index in [-0.39, 0.29) is 6.42 Å². The summed E-state index contributed by atoms with van der Waals surface area (Å²) >= 11 is -0.830. The minimum absolute atomic E-state index is 0.233. The second kappa shape index (κ2) is 8.56. The number of hydrogen-bond acceptors (Lipinski definition) is 8. The standard InChI is InChI=1S/C8H14F2O7S/c1-2-3-5(11)6(12)4-15-7(13)8(9,10)18-17-16-14/h5-6,11-12,14H,2-4H2,1H3/p-1. The lowest BCUT2D eigenvalue weighted by atomic mass is 10.1. The molecule has 7 nitrogen and oxygen atoms in total. The lowest BCUT2D eigenvalue weighted by molar-refractivity contribution is -0.777. The van der Waals surface area contributed by atoms with E-state index in [2.05, 4.69) is 14.1 Å². The van der Waals surface area contributed by atoms with Crippen molar-refractivity contribution in [1.82, 2.24) is 0 Å². The van der Waals surface area contributed by atoms with Crippen LogP contribution < -0.4 is 5.26 Å². The largest absolute Gasteiger partial charge is 0.691 e. The Labute approximate surface area is 106 Å². The fourth-order valence-electron chi connectivity index (χ4n) is 0.935. The van der Waals surface area contributed by atoms with Crippen LogP contribution in [0.1, 0.15) is 19.8 Å². The van der Waals surface area contributed by atoms with Crippen molar-refractivity contribution >= 4 is 18.0 Å². The Morgan fingerprint density at radius 1 is 1.44 bits per heavy atom. The van der Waals surface area contributed by atoms with Gasteiger partial charge in [-0.25, -0.2) is 4.79 Å². The number of carbonyl (C=O) groups is 1. The van der Waals surface area contributed by atoms with Gasteiger partial charge in [-0.05, 0) is 6.42 Å². The topological polar surface area (TPSA) is 108 Å². The average molecular weight is 291 g/mol. The SMILES string of the molecule is CCCC(O)C(O)COC(=O)C(F)(F)SOO[O-]. The Hall–Kier alpha value is -0.520.